The van der Waals surface area contributed by atoms with Crippen LogP contribution in [-0.2, 0) is 9.53 Å². The van der Waals surface area contributed by atoms with Crippen molar-refractivity contribution in [2.45, 2.75) is 59.0 Å². The second-order valence-electron chi connectivity index (χ2n) is 5.98. The number of ether oxygens (including phenoxy) is 1. The Kier molecular flexibility index (Phi) is 5.17. The molecule has 1 heterocycles. The van der Waals surface area contributed by atoms with E-state index in [-0.39, 0.29) is 12.0 Å². The molecule has 0 spiro atoms. The Morgan fingerprint density at radius 1 is 1.33 bits per heavy atom. The van der Waals surface area contributed by atoms with Crippen LogP contribution in [0.2, 0.25) is 0 Å². The first-order valence-electron chi connectivity index (χ1n) is 6.84. The number of unbranched alkanes of at least 4 members (excludes halogenated alkanes) is 1. The van der Waals surface area contributed by atoms with E-state index in [1.807, 2.05) is 20.8 Å². The standard InChI is InChI=1S/C14H25NO3/c1-5-6-7-12(16)11-8-9-15(10-11)13(17)18-14(2,3)4/h11H,5-10H2,1-4H3. The van der Waals surface area contributed by atoms with Crippen molar-refractivity contribution in [2.24, 2.45) is 5.92 Å². The zero-order valence-electron chi connectivity index (χ0n) is 12.0. The number of ketones is 1. The maximum Gasteiger partial charge on any atom is 0.410 e. The van der Waals surface area contributed by atoms with Gasteiger partial charge in [-0.3, -0.25) is 4.79 Å². The Morgan fingerprint density at radius 2 is 2.00 bits per heavy atom. The normalized spacial score (nSPS) is 20.0. The molecule has 0 N–H and O–H groups in total. The molecule has 104 valence electrons. The first-order chi connectivity index (χ1) is 8.33. The predicted octanol–water partition coefficient (Wildman–Crippen LogP) is 3.00. The van der Waals surface area contributed by atoms with Gasteiger partial charge in [0.15, 0.2) is 0 Å². The summed E-state index contributed by atoms with van der Waals surface area (Å²) in [6, 6.07) is 0. The molecular weight excluding hydrogens is 230 g/mol. The fraction of sp³-hybridized carbons (Fsp3) is 0.857. The highest BCUT2D eigenvalue weighted by Gasteiger charge is 2.32. The minimum absolute atomic E-state index is 0.0177. The molecule has 1 amide bonds. The summed E-state index contributed by atoms with van der Waals surface area (Å²) in [5.74, 6) is 0.312. The number of hydrogen-bond donors (Lipinski definition) is 0. The summed E-state index contributed by atoms with van der Waals surface area (Å²) in [5, 5.41) is 0. The van der Waals surface area contributed by atoms with Crippen LogP contribution in [0.1, 0.15) is 53.4 Å². The summed E-state index contributed by atoms with van der Waals surface area (Å²) >= 11 is 0. The highest BCUT2D eigenvalue weighted by molar-refractivity contribution is 5.82. The van der Waals surface area contributed by atoms with Gasteiger partial charge >= 0.3 is 6.09 Å². The summed E-state index contributed by atoms with van der Waals surface area (Å²) in [6.45, 7) is 8.80. The number of likely N-dealkylation sites (tertiary alicyclic amines) is 1. The van der Waals surface area contributed by atoms with Crippen molar-refractivity contribution in [1.82, 2.24) is 4.90 Å². The summed E-state index contributed by atoms with van der Waals surface area (Å²) in [6.07, 6.45) is 3.11. The molecular formula is C14H25NO3. The van der Waals surface area contributed by atoms with Gasteiger partial charge in [0.05, 0.1) is 0 Å². The van der Waals surface area contributed by atoms with E-state index >= 15 is 0 Å². The Morgan fingerprint density at radius 3 is 2.56 bits per heavy atom. The maximum absolute atomic E-state index is 11.9. The average Bonchev–Trinajstić information content (AvgIpc) is 2.72. The van der Waals surface area contributed by atoms with Gasteiger partial charge in [0, 0.05) is 25.4 Å². The van der Waals surface area contributed by atoms with Crippen LogP contribution < -0.4 is 0 Å². The van der Waals surface area contributed by atoms with Crippen LogP contribution in [0.15, 0.2) is 0 Å². The van der Waals surface area contributed by atoms with Crippen molar-refractivity contribution in [1.29, 1.82) is 0 Å². The molecule has 0 aliphatic carbocycles. The molecule has 0 bridgehead atoms. The first kappa shape index (κ1) is 15.0. The van der Waals surface area contributed by atoms with E-state index in [1.54, 1.807) is 4.90 Å². The van der Waals surface area contributed by atoms with E-state index in [0.717, 1.165) is 19.3 Å². The number of carbonyl (C=O) groups excluding carboxylic acids is 2. The Balaban J connectivity index is 2.41. The van der Waals surface area contributed by atoms with Crippen molar-refractivity contribution >= 4 is 11.9 Å². The van der Waals surface area contributed by atoms with E-state index in [2.05, 4.69) is 6.92 Å². The van der Waals surface area contributed by atoms with Crippen LogP contribution in [0.3, 0.4) is 0 Å². The molecule has 4 nitrogen and oxygen atoms in total. The van der Waals surface area contributed by atoms with E-state index < -0.39 is 5.60 Å². The molecule has 1 aliphatic rings. The summed E-state index contributed by atoms with van der Waals surface area (Å²) < 4.78 is 5.31. The average molecular weight is 255 g/mol. The lowest BCUT2D eigenvalue weighted by molar-refractivity contribution is -0.122. The van der Waals surface area contributed by atoms with Crippen LogP contribution in [0.25, 0.3) is 0 Å². The summed E-state index contributed by atoms with van der Waals surface area (Å²) in [5.41, 5.74) is -0.471. The van der Waals surface area contributed by atoms with Crippen molar-refractivity contribution in [3.63, 3.8) is 0 Å². The highest BCUT2D eigenvalue weighted by atomic mass is 16.6. The van der Waals surface area contributed by atoms with Gasteiger partial charge in [0.2, 0.25) is 0 Å². The fourth-order valence-electron chi connectivity index (χ4n) is 2.07. The largest absolute Gasteiger partial charge is 0.444 e. The third-order valence-corrected chi connectivity index (χ3v) is 3.07. The fourth-order valence-corrected chi connectivity index (χ4v) is 2.07. The lowest BCUT2D eigenvalue weighted by Gasteiger charge is -2.24. The summed E-state index contributed by atoms with van der Waals surface area (Å²) in [7, 11) is 0. The smallest absolute Gasteiger partial charge is 0.410 e. The van der Waals surface area contributed by atoms with Crippen LogP contribution in [-0.4, -0.2) is 35.5 Å². The van der Waals surface area contributed by atoms with Gasteiger partial charge in [-0.15, -0.1) is 0 Å². The molecule has 0 aromatic carbocycles. The lowest BCUT2D eigenvalue weighted by atomic mass is 9.99. The molecule has 4 heteroatoms. The van der Waals surface area contributed by atoms with Gasteiger partial charge in [-0.25, -0.2) is 4.79 Å². The van der Waals surface area contributed by atoms with E-state index in [9.17, 15) is 9.59 Å². The number of hydrogen-bond acceptors (Lipinski definition) is 3. The van der Waals surface area contributed by atoms with E-state index in [0.29, 0.717) is 25.3 Å². The second kappa shape index (κ2) is 6.21. The Labute approximate surface area is 110 Å². The second-order valence-corrected chi connectivity index (χ2v) is 5.98. The summed E-state index contributed by atoms with van der Waals surface area (Å²) in [4.78, 5) is 25.4. The Bertz CT molecular complexity index is 307. The number of Topliss-reactive ketones (excluding diaryl/α,β-unsaturated/α-hetero) is 1. The zero-order chi connectivity index (χ0) is 13.8. The zero-order valence-corrected chi connectivity index (χ0v) is 12.0. The number of rotatable bonds is 4. The van der Waals surface area contributed by atoms with Gasteiger partial charge in [-0.2, -0.15) is 0 Å². The van der Waals surface area contributed by atoms with Crippen LogP contribution >= 0.6 is 0 Å². The molecule has 1 fully saturated rings. The third kappa shape index (κ3) is 4.67. The number of carbonyl (C=O) groups is 2. The van der Waals surface area contributed by atoms with Gasteiger partial charge in [0.25, 0.3) is 0 Å². The topological polar surface area (TPSA) is 46.6 Å². The minimum Gasteiger partial charge on any atom is -0.444 e. The molecule has 18 heavy (non-hydrogen) atoms. The molecule has 1 aliphatic heterocycles. The van der Waals surface area contributed by atoms with Gasteiger partial charge in [0.1, 0.15) is 11.4 Å². The number of amides is 1. The lowest BCUT2D eigenvalue weighted by Crippen LogP contribution is -2.35. The Hall–Kier alpha value is -1.06. The monoisotopic (exact) mass is 255 g/mol. The van der Waals surface area contributed by atoms with Gasteiger partial charge in [-0.05, 0) is 33.6 Å². The van der Waals surface area contributed by atoms with Crippen LogP contribution in [0.4, 0.5) is 4.79 Å². The van der Waals surface area contributed by atoms with Gasteiger partial charge < -0.3 is 9.64 Å². The van der Waals surface area contributed by atoms with Crippen molar-refractivity contribution < 1.29 is 14.3 Å². The molecule has 1 rings (SSSR count). The van der Waals surface area contributed by atoms with E-state index in [1.165, 1.54) is 0 Å². The van der Waals surface area contributed by atoms with Gasteiger partial charge in [-0.1, -0.05) is 13.3 Å². The molecule has 1 atom stereocenters. The maximum atomic E-state index is 11.9. The first-order valence-corrected chi connectivity index (χ1v) is 6.84. The molecule has 1 saturated heterocycles. The SMILES string of the molecule is CCCCC(=O)C1CCN(C(=O)OC(C)(C)C)C1. The third-order valence-electron chi connectivity index (χ3n) is 3.07. The molecule has 0 radical (unpaired) electrons. The van der Waals surface area contributed by atoms with Crippen LogP contribution in [0.5, 0.6) is 0 Å². The predicted molar refractivity (Wildman–Crippen MR) is 70.4 cm³/mol. The number of nitrogens with zero attached hydrogens (tertiary/aromatic N) is 1. The van der Waals surface area contributed by atoms with Crippen LogP contribution in [0, 0.1) is 5.92 Å². The minimum atomic E-state index is -0.471. The van der Waals surface area contributed by atoms with Crippen molar-refractivity contribution in [3.05, 3.63) is 0 Å². The quantitative estimate of drug-likeness (QED) is 0.775. The molecule has 1 unspecified atom stereocenters. The molecule has 0 aromatic rings. The van der Waals surface area contributed by atoms with E-state index in [4.69, 9.17) is 4.74 Å². The van der Waals surface area contributed by atoms with Crippen molar-refractivity contribution in [2.75, 3.05) is 13.1 Å². The highest BCUT2D eigenvalue weighted by Crippen LogP contribution is 2.21. The molecule has 0 aromatic heterocycles. The van der Waals surface area contributed by atoms with Crippen molar-refractivity contribution in [3.8, 4) is 0 Å². The molecule has 0 saturated carbocycles.